The Bertz CT molecular complexity index is 1040. The fourth-order valence-electron chi connectivity index (χ4n) is 5.65. The van der Waals surface area contributed by atoms with Crippen molar-refractivity contribution in [2.45, 2.75) is 49.7 Å². The van der Waals surface area contributed by atoms with Crippen molar-refractivity contribution in [3.63, 3.8) is 0 Å². The van der Waals surface area contributed by atoms with Gasteiger partial charge in [-0.1, -0.05) is 61.2 Å². The average molecular weight is 459 g/mol. The highest BCUT2D eigenvalue weighted by atomic mass is 35.5. The van der Waals surface area contributed by atoms with Crippen LogP contribution in [0.1, 0.15) is 48.6 Å². The summed E-state index contributed by atoms with van der Waals surface area (Å²) in [5, 5.41) is 13.7. The molecule has 8 heteroatoms. The maximum atomic E-state index is 13.8. The minimum Gasteiger partial charge on any atom is -0.480 e. The molecule has 1 aliphatic carbocycles. The number of benzene rings is 1. The quantitative estimate of drug-likeness (QED) is 0.677. The lowest BCUT2D eigenvalue weighted by molar-refractivity contribution is -0.153. The van der Waals surface area contributed by atoms with Crippen LogP contribution in [0.15, 0.2) is 42.5 Å². The molecule has 0 bridgehead atoms. The summed E-state index contributed by atoms with van der Waals surface area (Å²) in [6, 6.07) is 11.5. The number of nitrogens with zero attached hydrogens (tertiary/aromatic N) is 1. The van der Waals surface area contributed by atoms with E-state index >= 15 is 0 Å². The van der Waals surface area contributed by atoms with Gasteiger partial charge in [0.25, 0.3) is 0 Å². The predicted octanol–water partition coefficient (Wildman–Crippen LogP) is 3.96. The minimum absolute atomic E-state index is 0.144. The molecule has 0 radical (unpaired) electrons. The normalized spacial score (nSPS) is 31.3. The summed E-state index contributed by atoms with van der Waals surface area (Å²) in [7, 11) is 0. The zero-order chi connectivity index (χ0) is 21.8. The first-order chi connectivity index (χ1) is 14.9. The molecule has 2 saturated heterocycles. The van der Waals surface area contributed by atoms with Gasteiger partial charge in [-0.2, -0.15) is 0 Å². The third-order valence-corrected chi connectivity index (χ3v) is 8.32. The second-order valence-electron chi connectivity index (χ2n) is 8.58. The number of halogens is 1. The van der Waals surface area contributed by atoms with Gasteiger partial charge in [0.05, 0.1) is 22.2 Å². The summed E-state index contributed by atoms with van der Waals surface area (Å²) in [5.41, 5.74) is -1.20. The van der Waals surface area contributed by atoms with Crippen LogP contribution in [0.3, 0.4) is 0 Å². The number of carbonyl (C=O) groups excluding carboxylic acids is 2. The van der Waals surface area contributed by atoms with Crippen molar-refractivity contribution in [3.8, 4) is 0 Å². The second-order valence-corrected chi connectivity index (χ2v) is 10.3. The van der Waals surface area contributed by atoms with Gasteiger partial charge in [0, 0.05) is 10.9 Å². The number of carboxylic acid groups (broad SMARTS) is 1. The number of imide groups is 1. The standard InChI is InChI=1S/C23H23ClN2O4S/c24-16-12-11-15(31-16)19-17-18(21(28)26(20(17)27)14-9-5-2-6-10-14)23(25-19,22(29)30)13-7-3-1-4-8-13/h1,3-4,7-8,11-12,14,17-19,25H,2,5-6,9-10H2,(H,29,30). The van der Waals surface area contributed by atoms with Crippen LogP contribution in [0.2, 0.25) is 4.34 Å². The van der Waals surface area contributed by atoms with E-state index in [-0.39, 0.29) is 17.9 Å². The van der Waals surface area contributed by atoms with Crippen molar-refractivity contribution in [1.82, 2.24) is 10.2 Å². The first-order valence-corrected chi connectivity index (χ1v) is 11.8. The van der Waals surface area contributed by atoms with Crippen LogP contribution in [-0.4, -0.2) is 33.8 Å². The summed E-state index contributed by atoms with van der Waals surface area (Å²) in [6.45, 7) is 0. The molecule has 3 heterocycles. The lowest BCUT2D eigenvalue weighted by Crippen LogP contribution is -2.54. The zero-order valence-electron chi connectivity index (χ0n) is 16.8. The van der Waals surface area contributed by atoms with E-state index in [1.54, 1.807) is 36.4 Å². The Morgan fingerprint density at radius 2 is 1.77 bits per heavy atom. The van der Waals surface area contributed by atoms with Crippen molar-refractivity contribution in [3.05, 3.63) is 57.2 Å². The molecule has 3 fully saturated rings. The maximum absolute atomic E-state index is 13.8. The Hall–Kier alpha value is -2.22. The molecule has 1 aromatic carbocycles. The zero-order valence-corrected chi connectivity index (χ0v) is 18.4. The third kappa shape index (κ3) is 3.05. The van der Waals surface area contributed by atoms with Gasteiger partial charge >= 0.3 is 5.97 Å². The number of fused-ring (bicyclic) bond motifs is 1. The van der Waals surface area contributed by atoms with E-state index in [0.717, 1.165) is 37.0 Å². The molecule has 6 nitrogen and oxygen atoms in total. The van der Waals surface area contributed by atoms with Crippen molar-refractivity contribution < 1.29 is 19.5 Å². The third-order valence-electron chi connectivity index (χ3n) is 7.00. The minimum atomic E-state index is -1.68. The first kappa shape index (κ1) is 20.7. The molecule has 2 amide bonds. The van der Waals surface area contributed by atoms with Crippen molar-refractivity contribution in [2.75, 3.05) is 0 Å². The molecule has 4 atom stereocenters. The van der Waals surface area contributed by atoms with Crippen molar-refractivity contribution >= 4 is 40.7 Å². The Morgan fingerprint density at radius 1 is 1.06 bits per heavy atom. The molecule has 0 spiro atoms. The summed E-state index contributed by atoms with van der Waals surface area (Å²) < 4.78 is 0.557. The van der Waals surface area contributed by atoms with Gasteiger partial charge in [-0.25, -0.2) is 4.79 Å². The van der Waals surface area contributed by atoms with Crippen molar-refractivity contribution in [1.29, 1.82) is 0 Å². The fraction of sp³-hybridized carbons (Fsp3) is 0.435. The van der Waals surface area contributed by atoms with Gasteiger partial charge in [-0.3, -0.25) is 19.8 Å². The highest BCUT2D eigenvalue weighted by Crippen LogP contribution is 2.54. The van der Waals surface area contributed by atoms with Gasteiger partial charge in [0.1, 0.15) is 0 Å². The van der Waals surface area contributed by atoms with E-state index in [1.807, 2.05) is 6.07 Å². The summed E-state index contributed by atoms with van der Waals surface area (Å²) in [4.78, 5) is 42.4. The number of rotatable bonds is 4. The molecule has 162 valence electrons. The maximum Gasteiger partial charge on any atom is 0.329 e. The number of thiophene rings is 1. The van der Waals surface area contributed by atoms with E-state index in [1.165, 1.54) is 16.2 Å². The summed E-state index contributed by atoms with van der Waals surface area (Å²) >= 11 is 7.47. The Balaban J connectivity index is 1.66. The van der Waals surface area contributed by atoms with E-state index in [0.29, 0.717) is 9.90 Å². The number of hydrogen-bond acceptors (Lipinski definition) is 5. The molecule has 5 rings (SSSR count). The number of carboxylic acids is 1. The van der Waals surface area contributed by atoms with Gasteiger partial charge in [0.2, 0.25) is 11.8 Å². The monoisotopic (exact) mass is 458 g/mol. The second kappa shape index (κ2) is 7.73. The molecule has 1 saturated carbocycles. The molecule has 2 aliphatic heterocycles. The van der Waals surface area contributed by atoms with Crippen LogP contribution in [0.25, 0.3) is 0 Å². The predicted molar refractivity (Wildman–Crippen MR) is 117 cm³/mol. The molecule has 2 aromatic rings. The molecule has 3 aliphatic rings. The number of nitrogens with one attached hydrogen (secondary N) is 1. The fourth-order valence-corrected chi connectivity index (χ4v) is 6.81. The van der Waals surface area contributed by atoms with Crippen LogP contribution < -0.4 is 5.32 Å². The van der Waals surface area contributed by atoms with Crippen molar-refractivity contribution in [2.24, 2.45) is 11.8 Å². The SMILES string of the molecule is O=C1C2C(c3ccc(Cl)s3)NC(C(=O)O)(c3ccccc3)C2C(=O)N1C1CCCCC1. The van der Waals surface area contributed by atoms with E-state index in [4.69, 9.17) is 11.6 Å². The molecule has 4 unspecified atom stereocenters. The van der Waals surface area contributed by atoms with Crippen LogP contribution in [0, 0.1) is 11.8 Å². The van der Waals surface area contributed by atoms with Gasteiger partial charge < -0.3 is 5.11 Å². The molecular weight excluding hydrogens is 436 g/mol. The number of likely N-dealkylation sites (tertiary alicyclic amines) is 1. The van der Waals surface area contributed by atoms with E-state index in [2.05, 4.69) is 5.32 Å². The molecular formula is C23H23ClN2O4S. The lowest BCUT2D eigenvalue weighted by atomic mass is 9.75. The van der Waals surface area contributed by atoms with Crippen LogP contribution in [-0.2, 0) is 19.9 Å². The lowest BCUT2D eigenvalue weighted by Gasteiger charge is -2.34. The van der Waals surface area contributed by atoms with Gasteiger partial charge in [-0.05, 0) is 30.5 Å². The topological polar surface area (TPSA) is 86.7 Å². The van der Waals surface area contributed by atoms with Crippen LogP contribution in [0.5, 0.6) is 0 Å². The Morgan fingerprint density at radius 3 is 2.39 bits per heavy atom. The summed E-state index contributed by atoms with van der Waals surface area (Å²) in [5.74, 6) is -3.56. The highest BCUT2D eigenvalue weighted by Gasteiger charge is 2.70. The van der Waals surface area contributed by atoms with Gasteiger partial charge in [0.15, 0.2) is 5.54 Å². The summed E-state index contributed by atoms with van der Waals surface area (Å²) in [6.07, 6.45) is 4.61. The number of amides is 2. The number of aliphatic carboxylic acids is 1. The smallest absolute Gasteiger partial charge is 0.329 e. The molecule has 1 aromatic heterocycles. The van der Waals surface area contributed by atoms with E-state index < -0.39 is 29.4 Å². The van der Waals surface area contributed by atoms with Gasteiger partial charge in [-0.15, -0.1) is 11.3 Å². The Kier molecular flexibility index (Phi) is 5.15. The first-order valence-electron chi connectivity index (χ1n) is 10.6. The van der Waals surface area contributed by atoms with E-state index in [9.17, 15) is 19.5 Å². The highest BCUT2D eigenvalue weighted by molar-refractivity contribution is 7.16. The number of hydrogen-bond donors (Lipinski definition) is 2. The molecule has 31 heavy (non-hydrogen) atoms. The van der Waals surface area contributed by atoms with Crippen LogP contribution in [0.4, 0.5) is 0 Å². The molecule has 2 N–H and O–H groups in total. The average Bonchev–Trinajstić information content (AvgIpc) is 3.43. The number of carbonyl (C=O) groups is 3. The largest absolute Gasteiger partial charge is 0.480 e. The Labute approximate surface area is 189 Å². The van der Waals surface area contributed by atoms with Crippen LogP contribution >= 0.6 is 22.9 Å².